The number of nitrogens with one attached hydrogen (secondary N) is 3. The number of rotatable bonds is 6. The normalized spacial score (nSPS) is 18.5. The number of carbonyl (C=O) groups is 1. The highest BCUT2D eigenvalue weighted by Gasteiger charge is 2.26. The number of alkyl halides is 1. The molecule has 1 aliphatic carbocycles. The van der Waals surface area contributed by atoms with Gasteiger partial charge in [-0.05, 0) is 83.7 Å². The summed E-state index contributed by atoms with van der Waals surface area (Å²) in [4.78, 5) is 17.3. The topological polar surface area (TPSA) is 82.7 Å². The highest BCUT2D eigenvalue weighted by Crippen LogP contribution is 2.33. The molecular weight excluding hydrogens is 453 g/mol. The molecule has 0 saturated heterocycles. The summed E-state index contributed by atoms with van der Waals surface area (Å²) in [5.74, 6) is 0.00624. The molecule has 1 aliphatic rings. The number of hydrogen-bond donors (Lipinski definition) is 3. The average molecular weight is 488 g/mol. The molecule has 1 amide bonds. The first-order chi connectivity index (χ1) is 17.2. The minimum Gasteiger partial charge on any atom is -0.382 e. The Bertz CT molecular complexity index is 1410. The van der Waals surface area contributed by atoms with Gasteiger partial charge in [0, 0.05) is 28.5 Å². The summed E-state index contributed by atoms with van der Waals surface area (Å²) in [5.41, 5.74) is 4.67. The fourth-order valence-electron chi connectivity index (χ4n) is 5.11. The number of amides is 1. The van der Waals surface area contributed by atoms with Crippen LogP contribution in [0.15, 0.2) is 42.5 Å². The lowest BCUT2D eigenvalue weighted by Crippen LogP contribution is -2.40. The van der Waals surface area contributed by atoms with Gasteiger partial charge in [-0.3, -0.25) is 9.89 Å². The van der Waals surface area contributed by atoms with Gasteiger partial charge in [0.25, 0.3) is 0 Å². The van der Waals surface area contributed by atoms with E-state index in [1.54, 1.807) is 13.8 Å². The molecule has 3 N–H and O–H groups in total. The second kappa shape index (κ2) is 9.52. The van der Waals surface area contributed by atoms with Crippen LogP contribution in [0.5, 0.6) is 0 Å². The molecule has 2 aromatic heterocycles. The molecule has 2 heterocycles. The van der Waals surface area contributed by atoms with Crippen LogP contribution in [0.1, 0.15) is 62.0 Å². The molecule has 0 aliphatic heterocycles. The molecule has 1 saturated carbocycles. The summed E-state index contributed by atoms with van der Waals surface area (Å²) in [6.45, 7) is 7.18. The predicted molar refractivity (Wildman–Crippen MR) is 143 cm³/mol. The minimum atomic E-state index is -1.52. The molecule has 0 spiro atoms. The molecule has 0 radical (unpaired) electrons. The van der Waals surface area contributed by atoms with E-state index in [9.17, 15) is 9.18 Å². The Morgan fingerprint density at radius 3 is 2.39 bits per heavy atom. The van der Waals surface area contributed by atoms with Crippen LogP contribution in [0.25, 0.3) is 21.8 Å². The van der Waals surface area contributed by atoms with Gasteiger partial charge in [-0.2, -0.15) is 5.10 Å². The molecule has 36 heavy (non-hydrogen) atoms. The smallest absolute Gasteiger partial charge is 0.226 e. The Labute approximate surface area is 211 Å². The Morgan fingerprint density at radius 2 is 1.67 bits per heavy atom. The lowest BCUT2D eigenvalue weighted by atomic mass is 9.90. The van der Waals surface area contributed by atoms with Crippen LogP contribution in [0.3, 0.4) is 0 Å². The van der Waals surface area contributed by atoms with Gasteiger partial charge in [-0.15, -0.1) is 0 Å². The van der Waals surface area contributed by atoms with Crippen LogP contribution >= 0.6 is 0 Å². The van der Waals surface area contributed by atoms with Gasteiger partial charge in [0.1, 0.15) is 5.67 Å². The van der Waals surface area contributed by atoms with Crippen molar-refractivity contribution in [2.24, 2.45) is 0 Å². The molecule has 2 aromatic carbocycles. The van der Waals surface area contributed by atoms with Gasteiger partial charge < -0.3 is 10.6 Å². The summed E-state index contributed by atoms with van der Waals surface area (Å²) in [7, 11) is 0. The first-order valence-corrected chi connectivity index (χ1v) is 12.8. The zero-order valence-electron chi connectivity index (χ0n) is 21.4. The zero-order valence-corrected chi connectivity index (χ0v) is 21.4. The fraction of sp³-hybridized carbons (Fsp3) is 0.414. The number of pyridine rings is 1. The summed E-state index contributed by atoms with van der Waals surface area (Å²) < 4.78 is 14.8. The zero-order chi connectivity index (χ0) is 25.4. The number of aromatic amines is 1. The van der Waals surface area contributed by atoms with Crippen LogP contribution in [-0.2, 0) is 16.9 Å². The molecule has 0 atom stereocenters. The second-order valence-corrected chi connectivity index (χ2v) is 10.7. The van der Waals surface area contributed by atoms with E-state index in [2.05, 4.69) is 44.9 Å². The average Bonchev–Trinajstić information content (AvgIpc) is 3.21. The molecule has 0 unspecified atom stereocenters. The van der Waals surface area contributed by atoms with Crippen molar-refractivity contribution < 1.29 is 9.18 Å². The highest BCUT2D eigenvalue weighted by molar-refractivity contribution is 5.92. The number of nitrogens with zero attached hydrogens (tertiary/aromatic N) is 2. The largest absolute Gasteiger partial charge is 0.382 e. The van der Waals surface area contributed by atoms with Gasteiger partial charge in [-0.25, -0.2) is 9.37 Å². The third-order valence-electron chi connectivity index (χ3n) is 7.15. The first-order valence-electron chi connectivity index (χ1n) is 12.8. The number of aryl methyl sites for hydroxylation is 2. The van der Waals surface area contributed by atoms with Crippen LogP contribution < -0.4 is 10.6 Å². The molecule has 188 valence electrons. The number of aromatic nitrogens is 3. The highest BCUT2D eigenvalue weighted by atomic mass is 19.1. The Kier molecular flexibility index (Phi) is 6.41. The van der Waals surface area contributed by atoms with Crippen LogP contribution in [-0.4, -0.2) is 33.2 Å². The monoisotopic (exact) mass is 487 g/mol. The van der Waals surface area contributed by atoms with Gasteiger partial charge in [0.2, 0.25) is 5.91 Å². The van der Waals surface area contributed by atoms with E-state index < -0.39 is 5.67 Å². The molecule has 4 aromatic rings. The van der Waals surface area contributed by atoms with Gasteiger partial charge in [-0.1, -0.05) is 23.3 Å². The van der Waals surface area contributed by atoms with Crippen molar-refractivity contribution >= 4 is 33.4 Å². The third kappa shape index (κ3) is 5.20. The second-order valence-electron chi connectivity index (χ2n) is 10.7. The van der Waals surface area contributed by atoms with Gasteiger partial charge in [0.05, 0.1) is 28.8 Å². The maximum atomic E-state index is 14.8. The Morgan fingerprint density at radius 1 is 1.00 bits per heavy atom. The minimum absolute atomic E-state index is 0.00624. The van der Waals surface area contributed by atoms with Crippen molar-refractivity contribution in [2.75, 3.05) is 5.32 Å². The number of carbonyl (C=O) groups excluding carboxylic acids is 1. The quantitative estimate of drug-likeness (QED) is 0.311. The Balaban J connectivity index is 1.22. The molecule has 7 heteroatoms. The molecule has 1 fully saturated rings. The van der Waals surface area contributed by atoms with E-state index >= 15 is 0 Å². The van der Waals surface area contributed by atoms with E-state index in [4.69, 9.17) is 0 Å². The van der Waals surface area contributed by atoms with E-state index in [1.165, 1.54) is 0 Å². The van der Waals surface area contributed by atoms with Gasteiger partial charge >= 0.3 is 0 Å². The first kappa shape index (κ1) is 24.2. The third-order valence-corrected chi connectivity index (χ3v) is 7.15. The van der Waals surface area contributed by atoms with Crippen molar-refractivity contribution in [1.82, 2.24) is 20.5 Å². The van der Waals surface area contributed by atoms with Crippen molar-refractivity contribution in [2.45, 2.75) is 77.6 Å². The molecule has 6 nitrogen and oxygen atoms in total. The number of halogens is 1. The maximum Gasteiger partial charge on any atom is 0.226 e. The number of hydrogen-bond acceptors (Lipinski definition) is 4. The molecular formula is C29H34FN5O. The van der Waals surface area contributed by atoms with E-state index in [1.807, 2.05) is 37.3 Å². The summed E-state index contributed by atoms with van der Waals surface area (Å²) in [6.07, 6.45) is 3.92. The fourth-order valence-corrected chi connectivity index (χ4v) is 5.11. The lowest BCUT2D eigenvalue weighted by Gasteiger charge is -2.31. The number of H-pyrrole nitrogens is 1. The van der Waals surface area contributed by atoms with E-state index in [0.717, 1.165) is 70.0 Å². The van der Waals surface area contributed by atoms with Crippen molar-refractivity contribution in [3.8, 4) is 0 Å². The van der Waals surface area contributed by atoms with Crippen LogP contribution in [0, 0.1) is 13.8 Å². The van der Waals surface area contributed by atoms with Crippen molar-refractivity contribution in [3.63, 3.8) is 0 Å². The molecule has 0 bridgehead atoms. The Hall–Kier alpha value is -3.48. The summed E-state index contributed by atoms with van der Waals surface area (Å²) >= 11 is 0. The lowest BCUT2D eigenvalue weighted by molar-refractivity contribution is -0.121. The number of benzene rings is 2. The standard InChI is InChI=1S/C29H34FN5O/c1-17-5-11-23-21(13-17)25(15-27(33-23)29(3,4)30)31-19-7-9-20(10-8-19)32-28(36)16-26-22-14-18(2)6-12-24(22)34-35-26/h5-6,11-15,19-20H,7-10,16H2,1-4H3,(H,31,33)(H,32,36)(H,34,35). The van der Waals surface area contributed by atoms with Crippen molar-refractivity contribution in [3.05, 3.63) is 65.0 Å². The van der Waals surface area contributed by atoms with E-state index in [0.29, 0.717) is 5.69 Å². The predicted octanol–water partition coefficient (Wildman–Crippen LogP) is 6.01. The van der Waals surface area contributed by atoms with Crippen LogP contribution in [0.2, 0.25) is 0 Å². The maximum absolute atomic E-state index is 14.8. The van der Waals surface area contributed by atoms with E-state index in [-0.39, 0.29) is 24.4 Å². The SMILES string of the molecule is Cc1ccc2nc(C(C)(C)F)cc(NC3CCC(NC(=O)Cc4n[nH]c5ccc(C)cc45)CC3)c2c1. The van der Waals surface area contributed by atoms with Crippen molar-refractivity contribution in [1.29, 1.82) is 0 Å². The summed E-state index contributed by atoms with van der Waals surface area (Å²) in [6, 6.07) is 14.4. The molecule has 5 rings (SSSR count). The number of fused-ring (bicyclic) bond motifs is 2. The number of anilines is 1. The van der Waals surface area contributed by atoms with Crippen LogP contribution in [0.4, 0.5) is 10.1 Å². The van der Waals surface area contributed by atoms with Gasteiger partial charge in [0.15, 0.2) is 0 Å². The summed E-state index contributed by atoms with van der Waals surface area (Å²) in [5, 5.41) is 16.3.